The van der Waals surface area contributed by atoms with Gasteiger partial charge in [-0.05, 0) is 38.7 Å². The molecule has 9 heteroatoms. The number of ether oxygens (including phenoxy) is 2. The molecule has 178 valence electrons. The number of benzene rings is 1. The molecule has 0 saturated heterocycles. The van der Waals surface area contributed by atoms with E-state index in [-0.39, 0.29) is 35.5 Å². The number of H-pyrrole nitrogens is 1. The zero-order valence-electron chi connectivity index (χ0n) is 19.8. The van der Waals surface area contributed by atoms with Crippen LogP contribution in [0.1, 0.15) is 69.3 Å². The standard InChI is InChI=1S/C25H29N5O4/c1-14(2)17-11-21(31)28-24(26-17)30-20(10-18(29-30)15-8-9-15)27-22(32)13-33-19-7-5-6-16-12-25(3,4)34-23(16)19/h5-7,10-11,14-15H,8-9,12-13H2,1-4H3,(H,27,32)(H,26,28,31). The molecule has 1 fully saturated rings. The summed E-state index contributed by atoms with van der Waals surface area (Å²) in [5.41, 5.74) is 2.02. The van der Waals surface area contributed by atoms with Gasteiger partial charge < -0.3 is 14.8 Å². The van der Waals surface area contributed by atoms with Crippen molar-refractivity contribution < 1.29 is 14.3 Å². The van der Waals surface area contributed by atoms with Gasteiger partial charge in [0.05, 0.1) is 11.4 Å². The second kappa shape index (κ2) is 8.30. The van der Waals surface area contributed by atoms with E-state index in [9.17, 15) is 9.59 Å². The topological polar surface area (TPSA) is 111 Å². The van der Waals surface area contributed by atoms with Gasteiger partial charge in [0.15, 0.2) is 18.1 Å². The van der Waals surface area contributed by atoms with Crippen LogP contribution >= 0.6 is 0 Å². The Balaban J connectivity index is 1.36. The van der Waals surface area contributed by atoms with Gasteiger partial charge in [0, 0.05) is 30.0 Å². The summed E-state index contributed by atoms with van der Waals surface area (Å²) in [6, 6.07) is 9.03. The Morgan fingerprint density at radius 1 is 1.32 bits per heavy atom. The lowest BCUT2D eigenvalue weighted by atomic mass is 10.0. The fourth-order valence-corrected chi connectivity index (χ4v) is 4.11. The van der Waals surface area contributed by atoms with Crippen molar-refractivity contribution in [3.8, 4) is 17.4 Å². The minimum absolute atomic E-state index is 0.0748. The van der Waals surface area contributed by atoms with Crippen LogP contribution in [-0.2, 0) is 11.2 Å². The first-order valence-electron chi connectivity index (χ1n) is 11.6. The van der Waals surface area contributed by atoms with Crippen molar-refractivity contribution in [2.45, 2.75) is 64.4 Å². The summed E-state index contributed by atoms with van der Waals surface area (Å²) in [6.45, 7) is 7.79. The molecule has 0 spiro atoms. The van der Waals surface area contributed by atoms with Gasteiger partial charge >= 0.3 is 0 Å². The number of amides is 1. The number of nitrogens with zero attached hydrogens (tertiary/aromatic N) is 3. The maximum absolute atomic E-state index is 12.8. The van der Waals surface area contributed by atoms with Gasteiger partial charge in [-0.25, -0.2) is 4.98 Å². The van der Waals surface area contributed by atoms with E-state index in [2.05, 4.69) is 20.4 Å². The molecular formula is C25H29N5O4. The zero-order chi connectivity index (χ0) is 24.0. The largest absolute Gasteiger partial charge is 0.483 e. The molecule has 3 aromatic rings. The summed E-state index contributed by atoms with van der Waals surface area (Å²) in [5.74, 6) is 2.03. The number of carbonyl (C=O) groups excluding carboxylic acids is 1. The van der Waals surface area contributed by atoms with E-state index in [1.165, 1.54) is 10.7 Å². The number of aromatic nitrogens is 4. The van der Waals surface area contributed by atoms with E-state index >= 15 is 0 Å². The third-order valence-electron chi connectivity index (χ3n) is 5.95. The molecule has 34 heavy (non-hydrogen) atoms. The van der Waals surface area contributed by atoms with E-state index in [4.69, 9.17) is 9.47 Å². The van der Waals surface area contributed by atoms with Gasteiger partial charge in [0.2, 0.25) is 5.95 Å². The van der Waals surface area contributed by atoms with E-state index in [0.29, 0.717) is 28.9 Å². The molecule has 0 bridgehead atoms. The van der Waals surface area contributed by atoms with Crippen molar-refractivity contribution in [2.24, 2.45) is 0 Å². The van der Waals surface area contributed by atoms with Gasteiger partial charge in [0.25, 0.3) is 11.5 Å². The lowest BCUT2D eigenvalue weighted by Crippen LogP contribution is -2.25. The molecule has 5 rings (SSSR count). The number of rotatable bonds is 7. The van der Waals surface area contributed by atoms with Crippen molar-refractivity contribution in [2.75, 3.05) is 11.9 Å². The molecule has 0 unspecified atom stereocenters. The molecule has 2 aromatic heterocycles. The number of nitrogens with one attached hydrogen (secondary N) is 2. The molecule has 0 radical (unpaired) electrons. The molecule has 1 aliphatic carbocycles. The van der Waals surface area contributed by atoms with Crippen molar-refractivity contribution in [1.82, 2.24) is 19.7 Å². The lowest BCUT2D eigenvalue weighted by Gasteiger charge is -2.18. The molecule has 1 amide bonds. The monoisotopic (exact) mass is 463 g/mol. The highest BCUT2D eigenvalue weighted by atomic mass is 16.5. The van der Waals surface area contributed by atoms with E-state index < -0.39 is 0 Å². The number of aromatic amines is 1. The number of hydrogen-bond acceptors (Lipinski definition) is 6. The highest BCUT2D eigenvalue weighted by Crippen LogP contribution is 2.42. The summed E-state index contributed by atoms with van der Waals surface area (Å²) < 4.78 is 13.3. The molecule has 1 saturated carbocycles. The first kappa shape index (κ1) is 22.2. The summed E-state index contributed by atoms with van der Waals surface area (Å²) in [7, 11) is 0. The van der Waals surface area contributed by atoms with Crippen LogP contribution in [0.4, 0.5) is 5.82 Å². The van der Waals surface area contributed by atoms with Crippen LogP contribution in [-0.4, -0.2) is 37.9 Å². The molecular weight excluding hydrogens is 434 g/mol. The summed E-state index contributed by atoms with van der Waals surface area (Å²) >= 11 is 0. The van der Waals surface area contributed by atoms with E-state index in [1.54, 1.807) is 6.07 Å². The quantitative estimate of drug-likeness (QED) is 0.553. The normalized spacial score (nSPS) is 16.3. The van der Waals surface area contributed by atoms with Gasteiger partial charge in [0.1, 0.15) is 11.4 Å². The molecule has 3 heterocycles. The summed E-state index contributed by atoms with van der Waals surface area (Å²) in [5, 5.41) is 7.50. The Hall–Kier alpha value is -3.62. The smallest absolute Gasteiger partial charge is 0.263 e. The molecule has 2 N–H and O–H groups in total. The van der Waals surface area contributed by atoms with E-state index in [0.717, 1.165) is 30.5 Å². The van der Waals surface area contributed by atoms with Gasteiger partial charge in [-0.3, -0.25) is 14.6 Å². The predicted octanol–water partition coefficient (Wildman–Crippen LogP) is 3.69. The molecule has 2 aliphatic rings. The number of fused-ring (bicyclic) bond motifs is 1. The average molecular weight is 464 g/mol. The highest BCUT2D eigenvalue weighted by Gasteiger charge is 2.32. The second-order valence-corrected chi connectivity index (χ2v) is 9.91. The zero-order valence-corrected chi connectivity index (χ0v) is 19.8. The minimum atomic E-state index is -0.347. The third-order valence-corrected chi connectivity index (χ3v) is 5.95. The first-order chi connectivity index (χ1) is 16.2. The fourth-order valence-electron chi connectivity index (χ4n) is 4.11. The second-order valence-electron chi connectivity index (χ2n) is 9.91. The number of hydrogen-bond donors (Lipinski definition) is 2. The highest BCUT2D eigenvalue weighted by molar-refractivity contribution is 5.91. The average Bonchev–Trinajstić information content (AvgIpc) is 3.45. The van der Waals surface area contributed by atoms with Gasteiger partial charge in [-0.15, -0.1) is 0 Å². The van der Waals surface area contributed by atoms with Crippen LogP contribution in [0, 0.1) is 0 Å². The number of para-hydroxylation sites is 1. The molecule has 9 nitrogen and oxygen atoms in total. The fraction of sp³-hybridized carbons (Fsp3) is 0.440. The maximum atomic E-state index is 12.8. The SMILES string of the molecule is CC(C)c1cc(=O)[nH]c(-n2nc(C3CC3)cc2NC(=O)COc2cccc3c2OC(C)(C)C3)n1. The van der Waals surface area contributed by atoms with Crippen LogP contribution < -0.4 is 20.3 Å². The number of carbonyl (C=O) groups is 1. The maximum Gasteiger partial charge on any atom is 0.263 e. The minimum Gasteiger partial charge on any atom is -0.483 e. The van der Waals surface area contributed by atoms with Crippen molar-refractivity contribution >= 4 is 11.7 Å². The van der Waals surface area contributed by atoms with Crippen molar-refractivity contribution in [3.63, 3.8) is 0 Å². The van der Waals surface area contributed by atoms with Crippen LogP contribution in [0.5, 0.6) is 11.5 Å². The Morgan fingerprint density at radius 3 is 2.85 bits per heavy atom. The van der Waals surface area contributed by atoms with E-state index in [1.807, 2.05) is 45.9 Å². The Morgan fingerprint density at radius 2 is 2.12 bits per heavy atom. The van der Waals surface area contributed by atoms with Crippen LogP contribution in [0.3, 0.4) is 0 Å². The van der Waals surface area contributed by atoms with Crippen molar-refractivity contribution in [1.29, 1.82) is 0 Å². The predicted molar refractivity (Wildman–Crippen MR) is 127 cm³/mol. The molecule has 0 atom stereocenters. The number of anilines is 1. The van der Waals surface area contributed by atoms with Gasteiger partial charge in [-0.2, -0.15) is 9.78 Å². The van der Waals surface area contributed by atoms with Crippen molar-refractivity contribution in [3.05, 3.63) is 57.6 Å². The lowest BCUT2D eigenvalue weighted by molar-refractivity contribution is -0.118. The molecule has 1 aromatic carbocycles. The summed E-state index contributed by atoms with van der Waals surface area (Å²) in [6.07, 6.45) is 2.90. The Kier molecular flexibility index (Phi) is 5.42. The Labute approximate surface area is 197 Å². The van der Waals surface area contributed by atoms with Crippen LogP contribution in [0.15, 0.2) is 35.1 Å². The first-order valence-corrected chi connectivity index (χ1v) is 11.6. The molecule has 1 aliphatic heterocycles. The van der Waals surface area contributed by atoms with Gasteiger partial charge in [-0.1, -0.05) is 26.0 Å². The third kappa shape index (κ3) is 4.55. The Bertz CT molecular complexity index is 1300. The summed E-state index contributed by atoms with van der Waals surface area (Å²) in [4.78, 5) is 32.3. The van der Waals surface area contributed by atoms with Crippen LogP contribution in [0.25, 0.3) is 5.95 Å². The van der Waals surface area contributed by atoms with Crippen LogP contribution in [0.2, 0.25) is 0 Å².